The highest BCUT2D eigenvalue weighted by Crippen LogP contribution is 2.28. The van der Waals surface area contributed by atoms with Crippen molar-refractivity contribution >= 4 is 43.2 Å². The molecule has 2 aromatic rings. The van der Waals surface area contributed by atoms with Gasteiger partial charge in [-0.15, -0.1) is 0 Å². The number of nitrogens with one attached hydrogen (secondary N) is 1. The molecule has 0 amide bonds. The Morgan fingerprint density at radius 1 is 1.24 bits per heavy atom. The van der Waals surface area contributed by atoms with Gasteiger partial charge in [0, 0.05) is 34.9 Å². The number of rotatable bonds is 5. The first-order valence-corrected chi connectivity index (χ1v) is 7.59. The van der Waals surface area contributed by atoms with E-state index in [1.54, 1.807) is 13.2 Å². The zero-order valence-corrected chi connectivity index (χ0v) is 14.3. The van der Waals surface area contributed by atoms with Gasteiger partial charge in [0.15, 0.2) is 0 Å². The first-order valence-electron chi connectivity index (χ1n) is 6.01. The van der Waals surface area contributed by atoms with Crippen molar-refractivity contribution in [1.29, 1.82) is 0 Å². The Bertz CT molecular complexity index is 677. The van der Waals surface area contributed by atoms with E-state index in [1.165, 1.54) is 6.07 Å². The third kappa shape index (κ3) is 4.18. The van der Waals surface area contributed by atoms with Crippen LogP contribution in [0.2, 0.25) is 0 Å². The molecule has 0 saturated carbocycles. The van der Waals surface area contributed by atoms with Gasteiger partial charge >= 0.3 is 0 Å². The molecule has 2 rings (SSSR count). The van der Waals surface area contributed by atoms with Crippen molar-refractivity contribution in [2.24, 2.45) is 0 Å². The van der Waals surface area contributed by atoms with Gasteiger partial charge in [0.2, 0.25) is 0 Å². The normalized spacial score (nSPS) is 10.2. The van der Waals surface area contributed by atoms with Gasteiger partial charge in [-0.3, -0.25) is 10.1 Å². The lowest BCUT2D eigenvalue weighted by Gasteiger charge is -2.10. The van der Waals surface area contributed by atoms with Crippen LogP contribution in [0.4, 0.5) is 11.4 Å². The molecular weight excluding hydrogens is 404 g/mol. The molecular formula is C14H12Br2N2O3. The van der Waals surface area contributed by atoms with Gasteiger partial charge in [0.25, 0.3) is 5.69 Å². The fraction of sp³-hybridized carbons (Fsp3) is 0.143. The number of hydrogen-bond donors (Lipinski definition) is 1. The Hall–Kier alpha value is -1.60. The topological polar surface area (TPSA) is 64.4 Å². The number of methoxy groups -OCH3 is 1. The van der Waals surface area contributed by atoms with Crippen molar-refractivity contribution in [3.05, 3.63) is 61.0 Å². The van der Waals surface area contributed by atoms with Crippen molar-refractivity contribution in [2.75, 3.05) is 12.4 Å². The van der Waals surface area contributed by atoms with E-state index in [1.807, 2.05) is 24.3 Å². The summed E-state index contributed by atoms with van der Waals surface area (Å²) in [6.07, 6.45) is 0. The predicted molar refractivity (Wildman–Crippen MR) is 88.8 cm³/mol. The predicted octanol–water partition coefficient (Wildman–Crippen LogP) is 4.74. The highest BCUT2D eigenvalue weighted by Gasteiger charge is 2.09. The zero-order valence-electron chi connectivity index (χ0n) is 11.1. The average Bonchev–Trinajstić information content (AvgIpc) is 2.45. The van der Waals surface area contributed by atoms with Crippen LogP contribution in [-0.4, -0.2) is 12.0 Å². The van der Waals surface area contributed by atoms with Crippen molar-refractivity contribution in [3.8, 4) is 5.75 Å². The summed E-state index contributed by atoms with van der Waals surface area (Å²) >= 11 is 6.67. The molecule has 1 N–H and O–H groups in total. The number of ether oxygens (including phenoxy) is 1. The molecule has 110 valence electrons. The lowest BCUT2D eigenvalue weighted by Crippen LogP contribution is -2.01. The standard InChI is InChI=1S/C14H12Br2N2O3/c1-21-14-7-11(2-3-13(14)16)17-8-9-4-10(15)6-12(5-9)18(19)20/h2-7,17H,8H2,1H3. The van der Waals surface area contributed by atoms with Crippen LogP contribution in [0.1, 0.15) is 5.56 Å². The highest BCUT2D eigenvalue weighted by molar-refractivity contribution is 9.10. The maximum atomic E-state index is 10.8. The molecule has 0 saturated heterocycles. The molecule has 0 spiro atoms. The molecule has 7 heteroatoms. The Kier molecular flexibility index (Phi) is 5.19. The molecule has 0 radical (unpaired) electrons. The van der Waals surface area contributed by atoms with Crippen LogP contribution in [-0.2, 0) is 6.54 Å². The molecule has 0 aliphatic rings. The van der Waals surface area contributed by atoms with E-state index in [9.17, 15) is 10.1 Å². The number of non-ortho nitro benzene ring substituents is 1. The minimum absolute atomic E-state index is 0.0644. The van der Waals surface area contributed by atoms with Gasteiger partial charge in [-0.05, 0) is 39.7 Å². The molecule has 5 nitrogen and oxygen atoms in total. The minimum atomic E-state index is -0.406. The van der Waals surface area contributed by atoms with Crippen molar-refractivity contribution in [3.63, 3.8) is 0 Å². The largest absolute Gasteiger partial charge is 0.495 e. The summed E-state index contributed by atoms with van der Waals surface area (Å²) < 4.78 is 6.78. The summed E-state index contributed by atoms with van der Waals surface area (Å²) in [6, 6.07) is 10.5. The maximum Gasteiger partial charge on any atom is 0.270 e. The second-order valence-corrected chi connectivity index (χ2v) is 6.05. The third-order valence-corrected chi connectivity index (χ3v) is 3.91. The maximum absolute atomic E-state index is 10.8. The number of halogens is 2. The number of benzene rings is 2. The minimum Gasteiger partial charge on any atom is -0.495 e. The van der Waals surface area contributed by atoms with E-state index in [-0.39, 0.29) is 5.69 Å². The SMILES string of the molecule is COc1cc(NCc2cc(Br)cc([N+](=O)[O-])c2)ccc1Br. The molecule has 0 aromatic heterocycles. The third-order valence-electron chi connectivity index (χ3n) is 2.80. The van der Waals surface area contributed by atoms with E-state index in [4.69, 9.17) is 4.74 Å². The van der Waals surface area contributed by atoms with E-state index in [0.29, 0.717) is 11.0 Å². The van der Waals surface area contributed by atoms with Gasteiger partial charge in [-0.1, -0.05) is 15.9 Å². The van der Waals surface area contributed by atoms with Crippen LogP contribution >= 0.6 is 31.9 Å². The molecule has 0 aliphatic carbocycles. The molecule has 2 aromatic carbocycles. The summed E-state index contributed by atoms with van der Waals surface area (Å²) in [6.45, 7) is 0.477. The summed E-state index contributed by atoms with van der Waals surface area (Å²) in [4.78, 5) is 10.4. The number of nitrogens with zero attached hydrogens (tertiary/aromatic N) is 1. The monoisotopic (exact) mass is 414 g/mol. The van der Waals surface area contributed by atoms with Gasteiger partial charge < -0.3 is 10.1 Å². The lowest BCUT2D eigenvalue weighted by molar-refractivity contribution is -0.385. The smallest absolute Gasteiger partial charge is 0.270 e. The van der Waals surface area contributed by atoms with Crippen molar-refractivity contribution in [1.82, 2.24) is 0 Å². The number of hydrogen-bond acceptors (Lipinski definition) is 4. The lowest BCUT2D eigenvalue weighted by atomic mass is 10.2. The van der Waals surface area contributed by atoms with Crippen molar-refractivity contribution < 1.29 is 9.66 Å². The van der Waals surface area contributed by atoms with Crippen LogP contribution in [0.25, 0.3) is 0 Å². The van der Waals surface area contributed by atoms with E-state index in [2.05, 4.69) is 37.2 Å². The number of anilines is 1. The van der Waals surface area contributed by atoms with Crippen LogP contribution in [0.5, 0.6) is 5.75 Å². The Morgan fingerprint density at radius 3 is 2.67 bits per heavy atom. The second kappa shape index (κ2) is 6.91. The molecule has 0 bridgehead atoms. The summed E-state index contributed by atoms with van der Waals surface area (Å²) in [5.41, 5.74) is 1.75. The summed E-state index contributed by atoms with van der Waals surface area (Å²) in [5.74, 6) is 0.722. The first kappa shape index (κ1) is 15.8. The highest BCUT2D eigenvalue weighted by atomic mass is 79.9. The van der Waals surface area contributed by atoms with Gasteiger partial charge in [-0.2, -0.15) is 0 Å². The molecule has 0 heterocycles. The van der Waals surface area contributed by atoms with Gasteiger partial charge in [0.05, 0.1) is 16.5 Å². The molecule has 0 unspecified atom stereocenters. The Morgan fingerprint density at radius 2 is 2.00 bits per heavy atom. The number of nitro benzene ring substituents is 1. The van der Waals surface area contributed by atoms with E-state index in [0.717, 1.165) is 21.5 Å². The van der Waals surface area contributed by atoms with E-state index < -0.39 is 4.92 Å². The van der Waals surface area contributed by atoms with Crippen LogP contribution in [0, 0.1) is 10.1 Å². The molecule has 0 fully saturated rings. The first-order chi connectivity index (χ1) is 9.99. The fourth-order valence-corrected chi connectivity index (χ4v) is 2.75. The zero-order chi connectivity index (χ0) is 15.4. The van der Waals surface area contributed by atoms with Crippen LogP contribution < -0.4 is 10.1 Å². The average molecular weight is 416 g/mol. The quantitative estimate of drug-likeness (QED) is 0.565. The molecule has 21 heavy (non-hydrogen) atoms. The molecule has 0 atom stereocenters. The van der Waals surface area contributed by atoms with Gasteiger partial charge in [-0.25, -0.2) is 0 Å². The van der Waals surface area contributed by atoms with Crippen LogP contribution in [0.15, 0.2) is 45.3 Å². The van der Waals surface area contributed by atoms with E-state index >= 15 is 0 Å². The van der Waals surface area contributed by atoms with Crippen LogP contribution in [0.3, 0.4) is 0 Å². The Balaban J connectivity index is 2.14. The second-order valence-electron chi connectivity index (χ2n) is 4.28. The van der Waals surface area contributed by atoms with Gasteiger partial charge in [0.1, 0.15) is 5.75 Å². The Labute approximate surface area is 138 Å². The summed E-state index contributed by atoms with van der Waals surface area (Å²) in [5, 5.41) is 14.1. The molecule has 0 aliphatic heterocycles. The fourth-order valence-electron chi connectivity index (χ4n) is 1.81. The van der Waals surface area contributed by atoms with Crippen molar-refractivity contribution in [2.45, 2.75) is 6.54 Å². The summed E-state index contributed by atoms with van der Waals surface area (Å²) in [7, 11) is 1.60. The number of nitro groups is 1.